The van der Waals surface area contributed by atoms with Crippen molar-refractivity contribution in [1.29, 1.82) is 0 Å². The van der Waals surface area contributed by atoms with Crippen molar-refractivity contribution in [3.8, 4) is 5.75 Å². The summed E-state index contributed by atoms with van der Waals surface area (Å²) in [6, 6.07) is 21.4. The minimum atomic E-state index is -1.16. The van der Waals surface area contributed by atoms with Crippen LogP contribution in [0.1, 0.15) is 54.2 Å². The van der Waals surface area contributed by atoms with Gasteiger partial charge in [0.05, 0.1) is 11.0 Å². The van der Waals surface area contributed by atoms with Crippen LogP contribution < -0.4 is 10.1 Å². The summed E-state index contributed by atoms with van der Waals surface area (Å²) in [5.41, 5.74) is 0.128. The van der Waals surface area contributed by atoms with Gasteiger partial charge in [-0.05, 0) is 56.2 Å². The van der Waals surface area contributed by atoms with Crippen molar-refractivity contribution >= 4 is 11.8 Å². The van der Waals surface area contributed by atoms with E-state index in [1.54, 1.807) is 30.3 Å². The molecule has 0 aliphatic carbocycles. The lowest BCUT2D eigenvalue weighted by Crippen LogP contribution is -2.48. The SMILES string of the molecule is CC(C)(C)OC(=O)[C@H]1N[C@@H](c2ccccc2)[C@]2(COc3ccccc3C2=O)[C@@H]1c1ccc(F)cc1. The van der Waals surface area contributed by atoms with Crippen molar-refractivity contribution in [3.05, 3.63) is 101 Å². The van der Waals surface area contributed by atoms with Gasteiger partial charge >= 0.3 is 5.97 Å². The number of benzene rings is 3. The van der Waals surface area contributed by atoms with Gasteiger partial charge in [0.2, 0.25) is 0 Å². The first-order valence-corrected chi connectivity index (χ1v) is 11.8. The molecule has 1 fully saturated rings. The number of Topliss-reactive ketones (excluding diaryl/α,β-unsaturated/α-hetero) is 1. The average Bonchev–Trinajstić information content (AvgIpc) is 3.18. The van der Waals surface area contributed by atoms with Gasteiger partial charge in [-0.3, -0.25) is 14.9 Å². The maximum absolute atomic E-state index is 14.4. The molecule has 1 N–H and O–H groups in total. The Hall–Kier alpha value is -3.51. The summed E-state index contributed by atoms with van der Waals surface area (Å²) in [7, 11) is 0. The Kier molecular flexibility index (Phi) is 5.72. The molecule has 0 amide bonds. The Labute approximate surface area is 204 Å². The van der Waals surface area contributed by atoms with Gasteiger partial charge in [0.15, 0.2) is 5.78 Å². The molecule has 0 saturated carbocycles. The Morgan fingerprint density at radius 3 is 2.31 bits per heavy atom. The number of ether oxygens (including phenoxy) is 2. The monoisotopic (exact) mass is 473 g/mol. The molecular weight excluding hydrogens is 445 g/mol. The van der Waals surface area contributed by atoms with Gasteiger partial charge in [-0.2, -0.15) is 0 Å². The van der Waals surface area contributed by atoms with Crippen molar-refractivity contribution in [3.63, 3.8) is 0 Å². The Balaban J connectivity index is 1.73. The second-order valence-electron chi connectivity index (χ2n) is 10.2. The molecule has 180 valence electrons. The van der Waals surface area contributed by atoms with Crippen LogP contribution in [0.2, 0.25) is 0 Å². The highest BCUT2D eigenvalue weighted by molar-refractivity contribution is 6.06. The van der Waals surface area contributed by atoms with E-state index in [9.17, 15) is 14.0 Å². The number of halogens is 1. The van der Waals surface area contributed by atoms with Crippen molar-refractivity contribution < 1.29 is 23.5 Å². The number of ketones is 1. The van der Waals surface area contributed by atoms with E-state index < -0.39 is 40.8 Å². The number of esters is 1. The van der Waals surface area contributed by atoms with E-state index >= 15 is 0 Å². The van der Waals surface area contributed by atoms with E-state index in [1.165, 1.54) is 12.1 Å². The van der Waals surface area contributed by atoms with Gasteiger partial charge in [-0.1, -0.05) is 54.6 Å². The molecular formula is C29H28FNO4. The second kappa shape index (κ2) is 8.61. The van der Waals surface area contributed by atoms with Crippen LogP contribution in [-0.4, -0.2) is 30.0 Å². The highest BCUT2D eigenvalue weighted by Gasteiger charge is 2.64. The predicted octanol–water partition coefficient (Wildman–Crippen LogP) is 5.23. The fourth-order valence-electron chi connectivity index (χ4n) is 5.41. The Morgan fingerprint density at radius 2 is 1.63 bits per heavy atom. The molecule has 2 aliphatic heterocycles. The van der Waals surface area contributed by atoms with E-state index in [1.807, 2.05) is 57.2 Å². The van der Waals surface area contributed by atoms with Crippen LogP contribution in [0.4, 0.5) is 4.39 Å². The highest BCUT2D eigenvalue weighted by atomic mass is 19.1. The summed E-state index contributed by atoms with van der Waals surface area (Å²) >= 11 is 0. The first-order chi connectivity index (χ1) is 16.7. The van der Waals surface area contributed by atoms with Gasteiger partial charge in [0.1, 0.15) is 29.8 Å². The third kappa shape index (κ3) is 4.02. The molecule has 35 heavy (non-hydrogen) atoms. The topological polar surface area (TPSA) is 64.6 Å². The maximum Gasteiger partial charge on any atom is 0.324 e. The van der Waals surface area contributed by atoms with Gasteiger partial charge in [-0.25, -0.2) is 4.39 Å². The van der Waals surface area contributed by atoms with E-state index in [0.29, 0.717) is 16.9 Å². The fourth-order valence-corrected chi connectivity index (χ4v) is 5.41. The number of carbonyl (C=O) groups excluding carboxylic acids is 2. The first-order valence-electron chi connectivity index (χ1n) is 11.8. The normalized spacial score (nSPS) is 25.7. The number of rotatable bonds is 3. The summed E-state index contributed by atoms with van der Waals surface area (Å²) in [6.45, 7) is 5.49. The van der Waals surface area contributed by atoms with Gasteiger partial charge in [-0.15, -0.1) is 0 Å². The molecule has 1 spiro atoms. The number of hydrogen-bond acceptors (Lipinski definition) is 5. The molecule has 2 aliphatic rings. The number of carbonyl (C=O) groups is 2. The zero-order chi connectivity index (χ0) is 24.8. The lowest BCUT2D eigenvalue weighted by atomic mass is 9.62. The van der Waals surface area contributed by atoms with Crippen molar-refractivity contribution in [1.82, 2.24) is 5.32 Å². The minimum Gasteiger partial charge on any atom is -0.492 e. The van der Waals surface area contributed by atoms with E-state index in [2.05, 4.69) is 5.32 Å². The van der Waals surface area contributed by atoms with Crippen LogP contribution >= 0.6 is 0 Å². The first kappa shape index (κ1) is 23.2. The van der Waals surface area contributed by atoms with E-state index in [0.717, 1.165) is 5.56 Å². The molecule has 3 aromatic rings. The molecule has 0 bridgehead atoms. The maximum atomic E-state index is 14.4. The summed E-state index contributed by atoms with van der Waals surface area (Å²) in [4.78, 5) is 27.9. The predicted molar refractivity (Wildman–Crippen MR) is 130 cm³/mol. The van der Waals surface area contributed by atoms with Crippen LogP contribution in [0.25, 0.3) is 0 Å². The minimum absolute atomic E-state index is 0.0662. The smallest absolute Gasteiger partial charge is 0.324 e. The van der Waals surface area contributed by atoms with Crippen LogP contribution in [0, 0.1) is 11.2 Å². The zero-order valence-corrected chi connectivity index (χ0v) is 20.0. The van der Waals surface area contributed by atoms with Gasteiger partial charge < -0.3 is 9.47 Å². The fraction of sp³-hybridized carbons (Fsp3) is 0.310. The van der Waals surface area contributed by atoms with E-state index in [-0.39, 0.29) is 12.4 Å². The number of fused-ring (bicyclic) bond motifs is 1. The van der Waals surface area contributed by atoms with Crippen molar-refractivity contribution in [2.45, 2.75) is 44.4 Å². The molecule has 2 heterocycles. The van der Waals surface area contributed by atoms with Gasteiger partial charge in [0.25, 0.3) is 0 Å². The van der Waals surface area contributed by atoms with Crippen molar-refractivity contribution in [2.75, 3.05) is 6.61 Å². The average molecular weight is 474 g/mol. The molecule has 6 heteroatoms. The molecule has 1 saturated heterocycles. The summed E-state index contributed by atoms with van der Waals surface area (Å²) < 4.78 is 25.9. The molecule has 5 rings (SSSR count). The zero-order valence-electron chi connectivity index (χ0n) is 20.0. The number of hydrogen-bond donors (Lipinski definition) is 1. The third-order valence-electron chi connectivity index (χ3n) is 6.79. The van der Waals surface area contributed by atoms with Crippen molar-refractivity contribution in [2.24, 2.45) is 5.41 Å². The third-order valence-corrected chi connectivity index (χ3v) is 6.79. The van der Waals surface area contributed by atoms with Crippen LogP contribution in [-0.2, 0) is 9.53 Å². The quantitative estimate of drug-likeness (QED) is 0.528. The molecule has 3 aromatic carbocycles. The largest absolute Gasteiger partial charge is 0.492 e. The lowest BCUT2D eigenvalue weighted by Gasteiger charge is -2.42. The standard InChI is InChI=1S/C29H28FNO4/c1-28(2,3)35-27(33)24-23(18-13-15-20(30)16-14-18)29(25(31-24)19-9-5-4-6-10-19)17-34-22-12-8-7-11-21(22)26(29)32/h4-16,23-25,31H,17H2,1-3H3/t23-,24+,25+,29+/m1/s1. The summed E-state index contributed by atoms with van der Waals surface area (Å²) in [5.74, 6) is -1.09. The Morgan fingerprint density at radius 1 is 0.971 bits per heavy atom. The highest BCUT2D eigenvalue weighted by Crippen LogP contribution is 2.57. The second-order valence-corrected chi connectivity index (χ2v) is 10.2. The molecule has 0 aromatic heterocycles. The Bertz CT molecular complexity index is 1250. The van der Waals surface area contributed by atoms with E-state index in [4.69, 9.17) is 9.47 Å². The summed E-state index contributed by atoms with van der Waals surface area (Å²) in [6.07, 6.45) is 0. The van der Waals surface area contributed by atoms with Crippen LogP contribution in [0.15, 0.2) is 78.9 Å². The van der Waals surface area contributed by atoms with Crippen LogP contribution in [0.3, 0.4) is 0 Å². The molecule has 5 nitrogen and oxygen atoms in total. The van der Waals surface area contributed by atoms with Crippen LogP contribution in [0.5, 0.6) is 5.75 Å². The molecule has 4 atom stereocenters. The van der Waals surface area contributed by atoms with Gasteiger partial charge in [0, 0.05) is 12.0 Å². The summed E-state index contributed by atoms with van der Waals surface area (Å²) in [5, 5.41) is 3.45. The number of nitrogens with one attached hydrogen (secondary N) is 1. The lowest BCUT2D eigenvalue weighted by molar-refractivity contribution is -0.157. The number of para-hydroxylation sites is 1. The molecule has 0 unspecified atom stereocenters. The molecule has 0 radical (unpaired) electrons.